The number of methoxy groups -OCH3 is 1. The predicted molar refractivity (Wildman–Crippen MR) is 60.2 cm³/mol. The van der Waals surface area contributed by atoms with Crippen molar-refractivity contribution in [3.63, 3.8) is 0 Å². The molecule has 4 nitrogen and oxygen atoms in total. The molecule has 0 fully saturated rings. The Bertz CT molecular complexity index is 411. The molecule has 1 atom stereocenters. The molecule has 16 heavy (non-hydrogen) atoms. The van der Waals surface area contributed by atoms with Gasteiger partial charge >= 0.3 is 6.09 Å². The molecule has 86 valence electrons. The van der Waals surface area contributed by atoms with Crippen molar-refractivity contribution in [1.29, 1.82) is 0 Å². The summed E-state index contributed by atoms with van der Waals surface area (Å²) in [6, 6.07) is 4.01. The van der Waals surface area contributed by atoms with Crippen molar-refractivity contribution in [3.05, 3.63) is 29.6 Å². The van der Waals surface area contributed by atoms with E-state index in [1.54, 1.807) is 0 Å². The zero-order valence-corrected chi connectivity index (χ0v) is 9.95. The van der Waals surface area contributed by atoms with Crippen LogP contribution in [0.3, 0.4) is 0 Å². The zero-order valence-electron chi connectivity index (χ0n) is 8.37. The SMILES string of the molecule is COC(=O)Nc1ccc(C(Br)C=O)c(F)c1. The van der Waals surface area contributed by atoms with E-state index >= 15 is 0 Å². The Morgan fingerprint density at radius 2 is 2.31 bits per heavy atom. The molecule has 0 aliphatic rings. The summed E-state index contributed by atoms with van der Waals surface area (Å²) in [5.74, 6) is -0.581. The highest BCUT2D eigenvalue weighted by atomic mass is 79.9. The van der Waals surface area contributed by atoms with Gasteiger partial charge in [-0.3, -0.25) is 5.32 Å². The number of hydrogen-bond donors (Lipinski definition) is 1. The first-order chi connectivity index (χ1) is 7.58. The Morgan fingerprint density at radius 1 is 1.62 bits per heavy atom. The van der Waals surface area contributed by atoms with Crippen molar-refractivity contribution < 1.29 is 18.7 Å². The number of nitrogens with one attached hydrogen (secondary N) is 1. The van der Waals surface area contributed by atoms with Crippen LogP contribution in [0.1, 0.15) is 10.4 Å². The van der Waals surface area contributed by atoms with Crippen LogP contribution >= 0.6 is 15.9 Å². The van der Waals surface area contributed by atoms with Crippen LogP contribution in [-0.2, 0) is 9.53 Å². The molecule has 1 N–H and O–H groups in total. The molecule has 0 aliphatic heterocycles. The Kier molecular flexibility index (Phi) is 4.42. The summed E-state index contributed by atoms with van der Waals surface area (Å²) < 4.78 is 17.8. The fourth-order valence-electron chi connectivity index (χ4n) is 1.07. The number of carbonyl (C=O) groups is 2. The van der Waals surface area contributed by atoms with Crippen LogP contribution in [0.5, 0.6) is 0 Å². The maximum absolute atomic E-state index is 13.5. The molecule has 6 heteroatoms. The number of ether oxygens (including phenoxy) is 1. The Hall–Kier alpha value is -1.43. The van der Waals surface area contributed by atoms with Crippen LogP contribution in [0.4, 0.5) is 14.9 Å². The number of rotatable bonds is 3. The Balaban J connectivity index is 2.90. The largest absolute Gasteiger partial charge is 0.453 e. The molecule has 0 aliphatic carbocycles. The summed E-state index contributed by atoms with van der Waals surface area (Å²) in [4.78, 5) is 20.6. The standard InChI is InChI=1S/C10H9BrFNO3/c1-16-10(15)13-6-2-3-7(8(11)5-14)9(12)4-6/h2-5,8H,1H3,(H,13,15). The van der Waals surface area contributed by atoms with Gasteiger partial charge in [-0.1, -0.05) is 22.0 Å². The van der Waals surface area contributed by atoms with Crippen LogP contribution in [-0.4, -0.2) is 19.5 Å². The first-order valence-corrected chi connectivity index (χ1v) is 5.24. The van der Waals surface area contributed by atoms with Crippen LogP contribution in [0.2, 0.25) is 0 Å². The van der Waals surface area contributed by atoms with E-state index < -0.39 is 16.7 Å². The predicted octanol–water partition coefficient (Wildman–Crippen LogP) is 2.64. The molecule has 0 aromatic heterocycles. The van der Waals surface area contributed by atoms with Crippen molar-refractivity contribution in [2.75, 3.05) is 12.4 Å². The average Bonchev–Trinajstić information content (AvgIpc) is 2.28. The summed E-state index contributed by atoms with van der Waals surface area (Å²) >= 11 is 3.00. The number of aldehydes is 1. The smallest absolute Gasteiger partial charge is 0.411 e. The fourth-order valence-corrected chi connectivity index (χ4v) is 1.44. The number of carbonyl (C=O) groups excluding carboxylic acids is 2. The number of anilines is 1. The summed E-state index contributed by atoms with van der Waals surface area (Å²) in [5, 5.41) is 2.31. The maximum atomic E-state index is 13.5. The van der Waals surface area contributed by atoms with E-state index in [2.05, 4.69) is 26.0 Å². The van der Waals surface area contributed by atoms with Crippen molar-refractivity contribution in [3.8, 4) is 0 Å². The molecule has 1 rings (SSSR count). The van der Waals surface area contributed by atoms with E-state index in [1.807, 2.05) is 0 Å². The van der Waals surface area contributed by atoms with Gasteiger partial charge in [-0.25, -0.2) is 9.18 Å². The van der Waals surface area contributed by atoms with E-state index in [9.17, 15) is 14.0 Å². The number of hydrogen-bond acceptors (Lipinski definition) is 3. The van der Waals surface area contributed by atoms with Gasteiger partial charge in [-0.05, 0) is 12.1 Å². The quantitative estimate of drug-likeness (QED) is 0.687. The second-order valence-electron chi connectivity index (χ2n) is 2.89. The number of alkyl halides is 1. The van der Waals surface area contributed by atoms with Gasteiger partial charge in [-0.2, -0.15) is 0 Å². The minimum absolute atomic E-state index is 0.213. The summed E-state index contributed by atoms with van der Waals surface area (Å²) in [7, 11) is 1.21. The van der Waals surface area contributed by atoms with Crippen molar-refractivity contribution in [2.24, 2.45) is 0 Å². The van der Waals surface area contributed by atoms with Gasteiger partial charge in [0.15, 0.2) is 0 Å². The minimum atomic E-state index is -0.695. The maximum Gasteiger partial charge on any atom is 0.411 e. The van der Waals surface area contributed by atoms with Gasteiger partial charge in [0.25, 0.3) is 0 Å². The molecule has 0 saturated carbocycles. The summed E-state index contributed by atoms with van der Waals surface area (Å²) in [5.41, 5.74) is 0.476. The summed E-state index contributed by atoms with van der Waals surface area (Å²) in [6.45, 7) is 0. The molecule has 0 heterocycles. The monoisotopic (exact) mass is 289 g/mol. The van der Waals surface area contributed by atoms with Crippen LogP contribution in [0, 0.1) is 5.82 Å². The van der Waals surface area contributed by atoms with Gasteiger partial charge in [0, 0.05) is 11.3 Å². The summed E-state index contributed by atoms with van der Waals surface area (Å²) in [6.07, 6.45) is -0.107. The third-order valence-electron chi connectivity index (χ3n) is 1.85. The van der Waals surface area contributed by atoms with E-state index in [1.165, 1.54) is 19.2 Å². The average molecular weight is 290 g/mol. The highest BCUT2D eigenvalue weighted by Gasteiger charge is 2.12. The second kappa shape index (κ2) is 5.60. The molecule has 1 aromatic carbocycles. The van der Waals surface area contributed by atoms with Crippen molar-refractivity contribution >= 4 is 34.0 Å². The highest BCUT2D eigenvalue weighted by molar-refractivity contribution is 9.09. The molecule has 0 radical (unpaired) electrons. The highest BCUT2D eigenvalue weighted by Crippen LogP contribution is 2.25. The zero-order chi connectivity index (χ0) is 12.1. The lowest BCUT2D eigenvalue weighted by Crippen LogP contribution is -2.11. The molecule has 0 saturated heterocycles. The van der Waals surface area contributed by atoms with Crippen LogP contribution in [0.25, 0.3) is 0 Å². The minimum Gasteiger partial charge on any atom is -0.453 e. The fraction of sp³-hybridized carbons (Fsp3) is 0.200. The second-order valence-corrected chi connectivity index (χ2v) is 3.88. The Morgan fingerprint density at radius 3 is 2.81 bits per heavy atom. The first kappa shape index (κ1) is 12.6. The van der Waals surface area contributed by atoms with E-state index in [0.717, 1.165) is 6.07 Å². The van der Waals surface area contributed by atoms with Gasteiger partial charge < -0.3 is 9.53 Å². The number of halogens is 2. The molecular formula is C10H9BrFNO3. The number of benzene rings is 1. The van der Waals surface area contributed by atoms with Crippen molar-refractivity contribution in [2.45, 2.75) is 4.83 Å². The lowest BCUT2D eigenvalue weighted by molar-refractivity contribution is -0.107. The third-order valence-corrected chi connectivity index (χ3v) is 2.56. The van der Waals surface area contributed by atoms with E-state index in [0.29, 0.717) is 6.29 Å². The first-order valence-electron chi connectivity index (χ1n) is 4.32. The van der Waals surface area contributed by atoms with Gasteiger partial charge in [-0.15, -0.1) is 0 Å². The third kappa shape index (κ3) is 3.03. The Labute approximate surface area is 99.9 Å². The lowest BCUT2D eigenvalue weighted by Gasteiger charge is -2.07. The number of amides is 1. The van der Waals surface area contributed by atoms with Crippen LogP contribution in [0.15, 0.2) is 18.2 Å². The molecule has 1 aromatic rings. The van der Waals surface area contributed by atoms with E-state index in [-0.39, 0.29) is 11.3 Å². The topological polar surface area (TPSA) is 55.4 Å². The van der Waals surface area contributed by atoms with Gasteiger partial charge in [0.2, 0.25) is 0 Å². The molecule has 1 amide bonds. The van der Waals surface area contributed by atoms with Gasteiger partial charge in [0.1, 0.15) is 12.1 Å². The molecule has 0 spiro atoms. The normalized spacial score (nSPS) is 11.7. The lowest BCUT2D eigenvalue weighted by atomic mass is 10.1. The van der Waals surface area contributed by atoms with Crippen LogP contribution < -0.4 is 5.32 Å². The van der Waals surface area contributed by atoms with E-state index in [4.69, 9.17) is 0 Å². The molecule has 1 unspecified atom stereocenters. The molecule has 0 bridgehead atoms. The van der Waals surface area contributed by atoms with Gasteiger partial charge in [0.05, 0.1) is 11.9 Å². The molecular weight excluding hydrogens is 281 g/mol. The van der Waals surface area contributed by atoms with Crippen molar-refractivity contribution in [1.82, 2.24) is 0 Å².